The summed E-state index contributed by atoms with van der Waals surface area (Å²) in [7, 11) is 0. The smallest absolute Gasteiger partial charge is 0.337 e. The summed E-state index contributed by atoms with van der Waals surface area (Å²) in [6, 6.07) is 19.4. The number of carbonyl (C=O) groups is 2. The number of thiol groups is 1. The molecule has 1 amide bonds. The van der Waals surface area contributed by atoms with Gasteiger partial charge in [-0.3, -0.25) is 10.2 Å². The van der Waals surface area contributed by atoms with E-state index in [9.17, 15) is 14.7 Å². The van der Waals surface area contributed by atoms with Crippen LogP contribution in [0, 0.1) is 0 Å². The maximum Gasteiger partial charge on any atom is 0.337 e. The first-order chi connectivity index (χ1) is 16.1. The van der Waals surface area contributed by atoms with Gasteiger partial charge in [0, 0.05) is 5.56 Å². The first-order valence-corrected chi connectivity index (χ1v) is 11.0. The first-order valence-electron chi connectivity index (χ1n) is 9.65. The van der Waals surface area contributed by atoms with Crippen LogP contribution < -0.4 is 5.43 Å². The minimum absolute atomic E-state index is 0.0340. The van der Waals surface area contributed by atoms with Crippen molar-refractivity contribution >= 4 is 65.0 Å². The summed E-state index contributed by atoms with van der Waals surface area (Å²) >= 11 is 5.62. The Morgan fingerprint density at radius 1 is 1.09 bits per heavy atom. The highest BCUT2D eigenvalue weighted by Gasteiger charge is 2.33. The summed E-state index contributed by atoms with van der Waals surface area (Å²) < 4.78 is 0. The Kier molecular flexibility index (Phi) is 6.77. The highest BCUT2D eigenvalue weighted by molar-refractivity contribution is 7.83. The number of hydrogen-bond acceptors (Lipinski definition) is 8. The van der Waals surface area contributed by atoms with Crippen molar-refractivity contribution in [2.45, 2.75) is 0 Å². The highest BCUT2D eigenvalue weighted by atomic mass is 32.1. The number of aliphatic imine (C=N–C) groups is 1. The third kappa shape index (κ3) is 4.92. The third-order valence-electron chi connectivity index (χ3n) is 4.54. The van der Waals surface area contributed by atoms with Crippen LogP contribution in [-0.2, 0) is 4.79 Å². The van der Waals surface area contributed by atoms with Gasteiger partial charge in [0.1, 0.15) is 12.1 Å². The zero-order valence-corrected chi connectivity index (χ0v) is 18.7. The average Bonchev–Trinajstić information content (AvgIpc) is 3.47. The molecule has 2 aromatic carbocycles. The molecular weight excluding hydrogens is 458 g/mol. The van der Waals surface area contributed by atoms with Crippen LogP contribution in [0.15, 0.2) is 92.7 Å². The van der Waals surface area contributed by atoms with Crippen LogP contribution in [-0.4, -0.2) is 39.8 Å². The maximum atomic E-state index is 13.1. The molecular formula is C23H17N5O3S2. The van der Waals surface area contributed by atoms with Gasteiger partial charge < -0.3 is 5.11 Å². The fourth-order valence-corrected chi connectivity index (χ4v) is 3.89. The molecule has 8 nitrogen and oxygen atoms in total. The van der Waals surface area contributed by atoms with Crippen LogP contribution in [0.3, 0.4) is 0 Å². The Bertz CT molecular complexity index is 1300. The number of rotatable bonds is 7. The quantitative estimate of drug-likeness (QED) is 0.204. The molecule has 3 aromatic rings. The highest BCUT2D eigenvalue weighted by Crippen LogP contribution is 2.21. The Morgan fingerprint density at radius 2 is 1.85 bits per heavy atom. The minimum atomic E-state index is -1.11. The first kappa shape index (κ1) is 22.2. The minimum Gasteiger partial charge on any atom is -0.478 e. The lowest BCUT2D eigenvalue weighted by Crippen LogP contribution is -2.28. The van der Waals surface area contributed by atoms with Crippen molar-refractivity contribution in [1.29, 1.82) is 0 Å². The van der Waals surface area contributed by atoms with E-state index < -0.39 is 11.9 Å². The Morgan fingerprint density at radius 3 is 2.55 bits per heavy atom. The number of thiophene rings is 1. The summed E-state index contributed by atoms with van der Waals surface area (Å²) in [5, 5.41) is 22.5. The molecule has 0 unspecified atom stereocenters. The summed E-state index contributed by atoms with van der Waals surface area (Å²) in [6.07, 6.45) is 1.30. The molecule has 0 radical (unpaired) electrons. The molecule has 0 atom stereocenters. The van der Waals surface area contributed by atoms with Gasteiger partial charge in [0.25, 0.3) is 0 Å². The number of nitrogens with zero attached hydrogens (tertiary/aromatic N) is 4. The van der Waals surface area contributed by atoms with Crippen LogP contribution >= 0.6 is 24.0 Å². The second kappa shape index (κ2) is 10.1. The Hall–Kier alpha value is -4.02. The molecule has 0 bridgehead atoms. The van der Waals surface area contributed by atoms with Crippen molar-refractivity contribution < 1.29 is 14.7 Å². The van der Waals surface area contributed by atoms with Gasteiger partial charge in [0.2, 0.25) is 0 Å². The summed E-state index contributed by atoms with van der Waals surface area (Å²) in [5.41, 5.74) is 4.77. The largest absolute Gasteiger partial charge is 0.478 e. The van der Waals surface area contributed by atoms with Gasteiger partial charge in [0.05, 0.1) is 21.8 Å². The van der Waals surface area contributed by atoms with E-state index >= 15 is 0 Å². The fourth-order valence-electron chi connectivity index (χ4n) is 2.96. The predicted molar refractivity (Wildman–Crippen MR) is 134 cm³/mol. The van der Waals surface area contributed by atoms with Gasteiger partial charge in [-0.05, 0) is 29.0 Å². The number of anilines is 1. The van der Waals surface area contributed by atoms with E-state index in [0.29, 0.717) is 11.4 Å². The second-order valence-corrected chi connectivity index (χ2v) is 7.83. The van der Waals surface area contributed by atoms with E-state index in [1.165, 1.54) is 29.1 Å². The van der Waals surface area contributed by atoms with Gasteiger partial charge in [-0.15, -0.1) is 24.0 Å². The van der Waals surface area contributed by atoms with E-state index in [4.69, 9.17) is 0 Å². The number of benzene rings is 2. The molecule has 2 heterocycles. The van der Waals surface area contributed by atoms with E-state index in [0.717, 1.165) is 15.4 Å². The number of carbonyl (C=O) groups excluding carboxylic acids is 1. The van der Waals surface area contributed by atoms with Gasteiger partial charge in [-0.1, -0.05) is 48.5 Å². The lowest BCUT2D eigenvalue weighted by molar-refractivity contribution is -0.119. The Labute approximate surface area is 198 Å². The third-order valence-corrected chi connectivity index (χ3v) is 5.66. The van der Waals surface area contributed by atoms with Crippen molar-refractivity contribution in [3.05, 3.63) is 93.5 Å². The summed E-state index contributed by atoms with van der Waals surface area (Å²) in [6.45, 7) is 0. The normalized spacial score (nSPS) is 15.4. The number of aromatic carboxylic acids is 1. The number of hydrogen-bond donors (Lipinski definition) is 3. The molecule has 0 aliphatic carbocycles. The van der Waals surface area contributed by atoms with Gasteiger partial charge in [0.15, 0.2) is 5.71 Å². The number of para-hydroxylation sites is 1. The molecule has 164 valence electrons. The second-order valence-electron chi connectivity index (χ2n) is 6.62. The lowest BCUT2D eigenvalue weighted by atomic mass is 10.2. The molecule has 1 aliphatic rings. The predicted octanol–water partition coefficient (Wildman–Crippen LogP) is 4.42. The number of amides is 1. The monoisotopic (exact) mass is 475 g/mol. The Balaban J connectivity index is 1.65. The number of hydrazone groups is 2. The zero-order valence-electron chi connectivity index (χ0n) is 17.0. The van der Waals surface area contributed by atoms with Crippen LogP contribution in [0.2, 0.25) is 0 Å². The molecule has 0 fully saturated rings. The SMILES string of the molecule is O=C(O)c1ccccc1N/N=C1/C(=O)N(/C=N/C(=C\S)c2ccccc2)N=C1c1cccs1. The van der Waals surface area contributed by atoms with Crippen LogP contribution in [0.25, 0.3) is 5.70 Å². The number of carboxylic acids is 1. The van der Waals surface area contributed by atoms with Crippen LogP contribution in [0.5, 0.6) is 0 Å². The molecule has 1 aromatic heterocycles. The maximum absolute atomic E-state index is 13.1. The molecule has 1 aliphatic heterocycles. The zero-order chi connectivity index (χ0) is 23.2. The van der Waals surface area contributed by atoms with Gasteiger partial charge in [-0.2, -0.15) is 15.2 Å². The van der Waals surface area contributed by atoms with Gasteiger partial charge >= 0.3 is 11.9 Å². The van der Waals surface area contributed by atoms with Gasteiger partial charge in [-0.25, -0.2) is 9.79 Å². The van der Waals surface area contributed by atoms with Crippen LogP contribution in [0.1, 0.15) is 20.8 Å². The number of carboxylic acid groups (broad SMARTS) is 1. The average molecular weight is 476 g/mol. The van der Waals surface area contributed by atoms with Crippen molar-refractivity contribution in [3.8, 4) is 0 Å². The summed E-state index contributed by atoms with van der Waals surface area (Å²) in [5.74, 6) is -1.61. The molecule has 0 saturated carbocycles. The fraction of sp³-hybridized carbons (Fsp3) is 0. The van der Waals surface area contributed by atoms with Crippen molar-refractivity contribution in [2.75, 3.05) is 5.43 Å². The topological polar surface area (TPSA) is 107 Å². The van der Waals surface area contributed by atoms with Crippen molar-refractivity contribution in [2.24, 2.45) is 15.2 Å². The van der Waals surface area contributed by atoms with Crippen molar-refractivity contribution in [1.82, 2.24) is 5.01 Å². The van der Waals surface area contributed by atoms with E-state index in [-0.39, 0.29) is 17.0 Å². The summed E-state index contributed by atoms with van der Waals surface area (Å²) in [4.78, 5) is 29.6. The number of nitrogens with one attached hydrogen (secondary N) is 1. The molecule has 33 heavy (non-hydrogen) atoms. The molecule has 10 heteroatoms. The van der Waals surface area contributed by atoms with Crippen molar-refractivity contribution in [3.63, 3.8) is 0 Å². The van der Waals surface area contributed by atoms with E-state index in [2.05, 4.69) is 33.2 Å². The molecule has 0 saturated heterocycles. The molecule has 0 spiro atoms. The molecule has 4 rings (SSSR count). The standard InChI is InChI=1S/C23H17N5O3S2/c29-22-21(26-25-17-10-5-4-9-16(17)23(30)31)20(19-11-6-12-33-19)27-28(22)14-24-18(13-32)15-7-2-1-3-8-15/h1-14,25,32H,(H,30,31)/b18-13-,24-14+,26-21+. The van der Waals surface area contributed by atoms with E-state index in [1.807, 2.05) is 47.8 Å². The van der Waals surface area contributed by atoms with E-state index in [1.54, 1.807) is 18.2 Å². The lowest BCUT2D eigenvalue weighted by Gasteiger charge is -2.07. The molecule has 2 N–H and O–H groups in total. The van der Waals surface area contributed by atoms with Crippen LogP contribution in [0.4, 0.5) is 5.69 Å².